The first-order chi connectivity index (χ1) is 7.99. The number of ether oxygens (including phenoxy) is 1. The summed E-state index contributed by atoms with van der Waals surface area (Å²) in [5, 5.41) is 8.62. The van der Waals surface area contributed by atoms with E-state index in [9.17, 15) is 14.0 Å². The summed E-state index contributed by atoms with van der Waals surface area (Å²) in [5.74, 6) is -3.47. The molecule has 1 aromatic rings. The molecule has 2 atom stereocenters. The summed E-state index contributed by atoms with van der Waals surface area (Å²) >= 11 is 5.66. The molecule has 1 fully saturated rings. The number of benzene rings is 1. The number of rotatable bonds is 3. The van der Waals surface area contributed by atoms with Crippen LogP contribution >= 0.6 is 11.6 Å². The van der Waals surface area contributed by atoms with Crippen LogP contribution < -0.4 is 4.74 Å². The normalized spacial score (nSPS) is 22.0. The van der Waals surface area contributed by atoms with E-state index in [0.29, 0.717) is 0 Å². The lowest BCUT2D eigenvalue weighted by molar-refractivity contribution is -0.143. The van der Waals surface area contributed by atoms with Gasteiger partial charge in [0.25, 0.3) is 0 Å². The summed E-state index contributed by atoms with van der Waals surface area (Å²) < 4.78 is 17.6. The molecule has 0 radical (unpaired) electrons. The third-order valence-corrected chi connectivity index (χ3v) is 2.81. The van der Waals surface area contributed by atoms with Gasteiger partial charge in [-0.25, -0.2) is 4.39 Å². The summed E-state index contributed by atoms with van der Waals surface area (Å²) in [5.41, 5.74) is 0. The Morgan fingerprint density at radius 3 is 2.65 bits per heavy atom. The maximum absolute atomic E-state index is 12.7. The minimum Gasteiger partial charge on any atom is -0.481 e. The van der Waals surface area contributed by atoms with E-state index in [4.69, 9.17) is 21.4 Å². The first-order valence-corrected chi connectivity index (χ1v) is 5.26. The van der Waals surface area contributed by atoms with Crippen molar-refractivity contribution in [3.8, 4) is 5.75 Å². The minimum atomic E-state index is -1.02. The molecule has 17 heavy (non-hydrogen) atoms. The molecule has 0 aliphatic heterocycles. The summed E-state index contributed by atoms with van der Waals surface area (Å²) in [6, 6.07) is 3.36. The Kier molecular flexibility index (Phi) is 3.02. The molecule has 0 saturated heterocycles. The predicted octanol–water partition coefficient (Wildman–Crippen LogP) is 2.11. The summed E-state index contributed by atoms with van der Waals surface area (Å²) in [6.45, 7) is 0. The second-order valence-electron chi connectivity index (χ2n) is 3.78. The Hall–Kier alpha value is -1.62. The third-order valence-electron chi connectivity index (χ3n) is 2.51. The summed E-state index contributed by atoms with van der Waals surface area (Å²) in [6.07, 6.45) is 0.271. The van der Waals surface area contributed by atoms with Gasteiger partial charge in [0.2, 0.25) is 0 Å². The number of halogens is 2. The molecular formula is C11H8ClFO4. The van der Waals surface area contributed by atoms with Crippen LogP contribution in [-0.4, -0.2) is 17.0 Å². The highest BCUT2D eigenvalue weighted by Crippen LogP contribution is 2.40. The molecule has 0 aromatic heterocycles. The molecule has 1 aliphatic carbocycles. The fourth-order valence-corrected chi connectivity index (χ4v) is 1.68. The van der Waals surface area contributed by atoms with Crippen molar-refractivity contribution < 1.29 is 23.8 Å². The Labute approximate surface area is 101 Å². The van der Waals surface area contributed by atoms with Crippen molar-refractivity contribution in [3.05, 3.63) is 29.0 Å². The van der Waals surface area contributed by atoms with Crippen molar-refractivity contribution in [2.75, 3.05) is 0 Å². The Balaban J connectivity index is 2.02. The van der Waals surface area contributed by atoms with Gasteiger partial charge in [0, 0.05) is 0 Å². The maximum atomic E-state index is 12.7. The third kappa shape index (κ3) is 2.55. The molecular weight excluding hydrogens is 251 g/mol. The molecule has 1 aliphatic rings. The molecule has 0 spiro atoms. The highest BCUT2D eigenvalue weighted by atomic mass is 35.5. The number of esters is 1. The van der Waals surface area contributed by atoms with Crippen molar-refractivity contribution in [1.29, 1.82) is 0 Å². The molecule has 1 N–H and O–H groups in total. The minimum absolute atomic E-state index is 0.0223. The first-order valence-electron chi connectivity index (χ1n) is 4.88. The zero-order valence-corrected chi connectivity index (χ0v) is 9.28. The van der Waals surface area contributed by atoms with E-state index in [2.05, 4.69) is 0 Å². The molecule has 4 nitrogen and oxygen atoms in total. The lowest BCUT2D eigenvalue weighted by atomic mass is 10.3. The summed E-state index contributed by atoms with van der Waals surface area (Å²) in [4.78, 5) is 22.0. The highest BCUT2D eigenvalue weighted by Gasteiger charge is 2.49. The van der Waals surface area contributed by atoms with Crippen LogP contribution in [0.4, 0.5) is 4.39 Å². The monoisotopic (exact) mass is 258 g/mol. The van der Waals surface area contributed by atoms with Crippen LogP contribution in [0.5, 0.6) is 5.75 Å². The molecule has 2 unspecified atom stereocenters. The average molecular weight is 259 g/mol. The number of hydrogen-bond acceptors (Lipinski definition) is 3. The average Bonchev–Trinajstić information content (AvgIpc) is 3.01. The van der Waals surface area contributed by atoms with Crippen molar-refractivity contribution in [2.45, 2.75) is 6.42 Å². The predicted molar refractivity (Wildman–Crippen MR) is 56.3 cm³/mol. The molecule has 0 amide bonds. The van der Waals surface area contributed by atoms with E-state index < -0.39 is 29.6 Å². The van der Waals surface area contributed by atoms with Crippen LogP contribution in [0, 0.1) is 17.7 Å². The number of carboxylic acid groups (broad SMARTS) is 1. The largest absolute Gasteiger partial charge is 0.481 e. The quantitative estimate of drug-likeness (QED) is 0.666. The smallest absolute Gasteiger partial charge is 0.315 e. The van der Waals surface area contributed by atoms with Crippen LogP contribution in [0.1, 0.15) is 6.42 Å². The Bertz CT molecular complexity index is 488. The number of aliphatic carboxylic acids is 1. The van der Waals surface area contributed by atoms with Crippen LogP contribution in [0.25, 0.3) is 0 Å². The highest BCUT2D eigenvalue weighted by molar-refractivity contribution is 6.32. The standard InChI is InChI=1S/C11H8ClFO4/c12-8-3-5(13)1-2-9(8)17-11(16)7-4-6(7)10(14)15/h1-3,6-7H,4H2,(H,14,15). The number of carbonyl (C=O) groups is 2. The van der Waals surface area contributed by atoms with Crippen LogP contribution in [0.15, 0.2) is 18.2 Å². The van der Waals surface area contributed by atoms with Gasteiger partial charge in [-0.1, -0.05) is 11.6 Å². The molecule has 0 bridgehead atoms. The van der Waals surface area contributed by atoms with Gasteiger partial charge in [-0.05, 0) is 24.6 Å². The number of carboxylic acids is 1. The van der Waals surface area contributed by atoms with E-state index >= 15 is 0 Å². The van der Waals surface area contributed by atoms with Crippen molar-refractivity contribution in [3.63, 3.8) is 0 Å². The van der Waals surface area contributed by atoms with Gasteiger partial charge < -0.3 is 9.84 Å². The molecule has 0 heterocycles. The lowest BCUT2D eigenvalue weighted by Gasteiger charge is -2.05. The molecule has 6 heteroatoms. The fourth-order valence-electron chi connectivity index (χ4n) is 1.47. The van der Waals surface area contributed by atoms with Crippen molar-refractivity contribution >= 4 is 23.5 Å². The van der Waals surface area contributed by atoms with E-state index in [1.807, 2.05) is 0 Å². The number of hydrogen-bond donors (Lipinski definition) is 1. The molecule has 1 saturated carbocycles. The van der Waals surface area contributed by atoms with Gasteiger partial charge >= 0.3 is 11.9 Å². The van der Waals surface area contributed by atoms with Gasteiger partial charge in [0.1, 0.15) is 11.6 Å². The van der Waals surface area contributed by atoms with Crippen LogP contribution in [0.2, 0.25) is 5.02 Å². The first kappa shape index (κ1) is 11.9. The number of carbonyl (C=O) groups excluding carboxylic acids is 1. The maximum Gasteiger partial charge on any atom is 0.315 e. The van der Waals surface area contributed by atoms with E-state index in [-0.39, 0.29) is 17.2 Å². The lowest BCUT2D eigenvalue weighted by Crippen LogP contribution is -2.14. The van der Waals surface area contributed by atoms with Gasteiger partial charge in [-0.2, -0.15) is 0 Å². The van der Waals surface area contributed by atoms with Crippen LogP contribution in [0.3, 0.4) is 0 Å². The Morgan fingerprint density at radius 2 is 2.12 bits per heavy atom. The second kappa shape index (κ2) is 4.33. The topological polar surface area (TPSA) is 63.6 Å². The van der Waals surface area contributed by atoms with E-state index in [1.165, 1.54) is 6.07 Å². The zero-order chi connectivity index (χ0) is 12.6. The van der Waals surface area contributed by atoms with Gasteiger partial charge in [0.05, 0.1) is 16.9 Å². The summed E-state index contributed by atoms with van der Waals surface area (Å²) in [7, 11) is 0. The van der Waals surface area contributed by atoms with Gasteiger partial charge in [-0.3, -0.25) is 9.59 Å². The zero-order valence-electron chi connectivity index (χ0n) is 8.52. The molecule has 1 aromatic carbocycles. The Morgan fingerprint density at radius 1 is 1.41 bits per heavy atom. The fraction of sp³-hybridized carbons (Fsp3) is 0.273. The van der Waals surface area contributed by atoms with Gasteiger partial charge in [-0.15, -0.1) is 0 Å². The van der Waals surface area contributed by atoms with Gasteiger partial charge in [0.15, 0.2) is 0 Å². The van der Waals surface area contributed by atoms with Crippen molar-refractivity contribution in [2.24, 2.45) is 11.8 Å². The van der Waals surface area contributed by atoms with E-state index in [0.717, 1.165) is 12.1 Å². The second-order valence-corrected chi connectivity index (χ2v) is 4.19. The molecule has 90 valence electrons. The van der Waals surface area contributed by atoms with E-state index in [1.54, 1.807) is 0 Å². The van der Waals surface area contributed by atoms with Crippen LogP contribution in [-0.2, 0) is 9.59 Å². The SMILES string of the molecule is O=C(O)C1CC1C(=O)Oc1ccc(F)cc1Cl. The van der Waals surface area contributed by atoms with Crippen molar-refractivity contribution in [1.82, 2.24) is 0 Å². The molecule has 2 rings (SSSR count).